The molecular formula is C31H31F5N10O4S. The number of nitrogens with zero attached hydrogens (tertiary/aromatic N) is 8. The van der Waals surface area contributed by atoms with Crippen LogP contribution in [-0.2, 0) is 16.0 Å². The number of methoxy groups -OCH3 is 1. The normalized spacial score (nSPS) is 19.1. The van der Waals surface area contributed by atoms with E-state index >= 15 is 0 Å². The molecule has 0 radical (unpaired) electrons. The van der Waals surface area contributed by atoms with Gasteiger partial charge >= 0.3 is 18.2 Å². The second-order valence-electron chi connectivity index (χ2n) is 12.3. The van der Waals surface area contributed by atoms with Gasteiger partial charge in [-0.25, -0.2) is 46.9 Å². The van der Waals surface area contributed by atoms with Crippen LogP contribution in [-0.4, -0.2) is 86.8 Å². The van der Waals surface area contributed by atoms with Gasteiger partial charge in [-0.2, -0.15) is 13.2 Å². The molecule has 6 rings (SSSR count). The summed E-state index contributed by atoms with van der Waals surface area (Å²) >= 11 is 0. The van der Waals surface area contributed by atoms with Gasteiger partial charge in [-0.15, -0.1) is 0 Å². The fourth-order valence-electron chi connectivity index (χ4n) is 5.90. The number of hydrogen-bond donors (Lipinski definition) is 2. The van der Waals surface area contributed by atoms with Gasteiger partial charge in [-0.1, -0.05) is 0 Å². The average Bonchev–Trinajstić information content (AvgIpc) is 3.08. The molecule has 20 heteroatoms. The van der Waals surface area contributed by atoms with Crippen molar-refractivity contribution in [3.05, 3.63) is 55.0 Å². The van der Waals surface area contributed by atoms with Crippen LogP contribution >= 0.6 is 0 Å². The van der Waals surface area contributed by atoms with Crippen LogP contribution in [0, 0.1) is 0 Å². The minimum absolute atomic E-state index is 0.115. The number of hydrogen-bond acceptors (Lipinski definition) is 12. The molecule has 270 valence electrons. The molecule has 0 unspecified atom stereocenters. The van der Waals surface area contributed by atoms with E-state index in [-0.39, 0.29) is 34.3 Å². The minimum Gasteiger partial charge on any atom is -0.467 e. The molecule has 0 bridgehead atoms. The van der Waals surface area contributed by atoms with Gasteiger partial charge in [-0.05, 0) is 31.7 Å². The van der Waals surface area contributed by atoms with E-state index < -0.39 is 64.1 Å². The van der Waals surface area contributed by atoms with Crippen LogP contribution in [0.5, 0.6) is 6.01 Å². The fraction of sp³-hybridized carbons (Fsp3) is 0.419. The van der Waals surface area contributed by atoms with Crippen molar-refractivity contribution < 1.29 is 39.9 Å². The lowest BCUT2D eigenvalue weighted by Crippen LogP contribution is -2.56. The molecule has 2 aliphatic carbocycles. The Morgan fingerprint density at radius 1 is 0.902 bits per heavy atom. The van der Waals surface area contributed by atoms with Crippen molar-refractivity contribution in [3.8, 4) is 28.5 Å². The maximum atomic E-state index is 13.9. The van der Waals surface area contributed by atoms with Crippen LogP contribution in [0.1, 0.15) is 44.1 Å². The maximum absolute atomic E-state index is 13.9. The van der Waals surface area contributed by atoms with Gasteiger partial charge in [0.05, 0.1) is 35.8 Å². The number of amides is 2. The first kappa shape index (κ1) is 35.7. The van der Waals surface area contributed by atoms with E-state index in [1.807, 2.05) is 0 Å². The largest absolute Gasteiger partial charge is 0.467 e. The van der Waals surface area contributed by atoms with Crippen LogP contribution < -0.4 is 20.3 Å². The number of carbonyl (C=O) groups is 1. The lowest BCUT2D eigenvalue weighted by molar-refractivity contribution is -0.137. The van der Waals surface area contributed by atoms with Crippen LogP contribution in [0.3, 0.4) is 0 Å². The Hall–Kier alpha value is -5.14. The zero-order chi connectivity index (χ0) is 36.6. The average molecular weight is 735 g/mol. The highest BCUT2D eigenvalue weighted by atomic mass is 32.2. The molecule has 2 aliphatic rings. The first-order valence-corrected chi connectivity index (χ1v) is 17.5. The molecule has 0 spiro atoms. The number of aromatic nitrogens is 7. The molecule has 0 aliphatic heterocycles. The van der Waals surface area contributed by atoms with Gasteiger partial charge in [-0.3, -0.25) is 14.9 Å². The van der Waals surface area contributed by atoms with Crippen molar-refractivity contribution in [2.24, 2.45) is 0 Å². The molecule has 4 aromatic heterocycles. The summed E-state index contributed by atoms with van der Waals surface area (Å²) in [5.41, 5.74) is -0.900. The third-order valence-electron chi connectivity index (χ3n) is 8.53. The number of carbonyl (C=O) groups excluding carboxylic acids is 1. The van der Waals surface area contributed by atoms with E-state index in [9.17, 15) is 35.2 Å². The third kappa shape index (κ3) is 8.26. The van der Waals surface area contributed by atoms with E-state index in [1.165, 1.54) is 36.8 Å². The molecular weight excluding hydrogens is 703 g/mol. The maximum Gasteiger partial charge on any atom is 0.419 e. The fourth-order valence-corrected chi connectivity index (χ4v) is 6.50. The number of halogens is 5. The number of anilines is 2. The van der Waals surface area contributed by atoms with Gasteiger partial charge in [0, 0.05) is 79.3 Å². The summed E-state index contributed by atoms with van der Waals surface area (Å²) in [5, 5.41) is 5.72. The number of rotatable bonds is 9. The van der Waals surface area contributed by atoms with Crippen molar-refractivity contribution >= 4 is 27.6 Å². The highest BCUT2D eigenvalue weighted by molar-refractivity contribution is 7.90. The first-order valence-electron chi connectivity index (χ1n) is 15.6. The summed E-state index contributed by atoms with van der Waals surface area (Å²) in [6.45, 7) is 0. The second kappa shape index (κ2) is 13.9. The molecule has 2 N–H and O–H groups in total. The Kier molecular flexibility index (Phi) is 9.71. The third-order valence-corrected chi connectivity index (χ3v) is 9.61. The van der Waals surface area contributed by atoms with Crippen LogP contribution in [0.2, 0.25) is 0 Å². The first-order chi connectivity index (χ1) is 24.1. The van der Waals surface area contributed by atoms with E-state index in [4.69, 9.17) is 4.74 Å². The molecule has 14 nitrogen and oxygen atoms in total. The SMILES string of the molecule is COc1ncc(-c2cnc(N(C(=O)NC3CC(F)(F)C3)[C@H]3CC[C@H](Nc4ncc(C(F)(F)F)c(-c5cncc(S(C)(=O)=O)c5)n4)CC3)cn2)cn1. The number of pyridine rings is 1. The van der Waals surface area contributed by atoms with Crippen molar-refractivity contribution in [1.82, 2.24) is 40.2 Å². The lowest BCUT2D eigenvalue weighted by Gasteiger charge is -2.40. The highest BCUT2D eigenvalue weighted by Gasteiger charge is 2.47. The quantitative estimate of drug-likeness (QED) is 0.222. The smallest absolute Gasteiger partial charge is 0.419 e. The summed E-state index contributed by atoms with van der Waals surface area (Å²) < 4.78 is 98.0. The van der Waals surface area contributed by atoms with E-state index in [2.05, 4.69) is 45.5 Å². The predicted octanol–water partition coefficient (Wildman–Crippen LogP) is 4.95. The summed E-state index contributed by atoms with van der Waals surface area (Å²) in [6.07, 6.45) is 5.34. The zero-order valence-electron chi connectivity index (χ0n) is 27.1. The molecule has 0 atom stereocenters. The van der Waals surface area contributed by atoms with Crippen LogP contribution in [0.4, 0.5) is 38.5 Å². The molecule has 0 aromatic carbocycles. The Bertz CT molecular complexity index is 1990. The number of alkyl halides is 5. The Morgan fingerprint density at radius 3 is 2.20 bits per heavy atom. The minimum atomic E-state index is -4.84. The summed E-state index contributed by atoms with van der Waals surface area (Å²) in [4.78, 5) is 43.4. The van der Waals surface area contributed by atoms with Crippen molar-refractivity contribution in [2.75, 3.05) is 23.6 Å². The van der Waals surface area contributed by atoms with Gasteiger partial charge < -0.3 is 15.4 Å². The number of sulfone groups is 1. The van der Waals surface area contributed by atoms with Crippen molar-refractivity contribution in [1.29, 1.82) is 0 Å². The lowest BCUT2D eigenvalue weighted by atomic mass is 9.88. The molecule has 51 heavy (non-hydrogen) atoms. The van der Waals surface area contributed by atoms with E-state index in [1.54, 1.807) is 0 Å². The predicted molar refractivity (Wildman–Crippen MR) is 172 cm³/mol. The zero-order valence-corrected chi connectivity index (χ0v) is 27.9. The Labute approximate surface area is 288 Å². The van der Waals surface area contributed by atoms with Gasteiger partial charge in [0.2, 0.25) is 5.95 Å². The van der Waals surface area contributed by atoms with E-state index in [0.29, 0.717) is 43.1 Å². The molecule has 2 amide bonds. The monoisotopic (exact) mass is 734 g/mol. The second-order valence-corrected chi connectivity index (χ2v) is 14.3. The molecule has 4 aromatic rings. The van der Waals surface area contributed by atoms with E-state index in [0.717, 1.165) is 24.7 Å². The molecule has 0 saturated heterocycles. The highest BCUT2D eigenvalue weighted by Crippen LogP contribution is 2.39. The van der Waals surface area contributed by atoms with Crippen molar-refractivity contribution in [3.63, 3.8) is 0 Å². The number of urea groups is 1. The summed E-state index contributed by atoms with van der Waals surface area (Å²) in [5.74, 6) is -2.77. The molecule has 2 saturated carbocycles. The van der Waals surface area contributed by atoms with Gasteiger partial charge in [0.25, 0.3) is 5.92 Å². The Morgan fingerprint density at radius 2 is 1.61 bits per heavy atom. The van der Waals surface area contributed by atoms with Crippen LogP contribution in [0.15, 0.2) is 54.3 Å². The number of nitrogens with one attached hydrogen (secondary N) is 2. The standard InChI is InChI=1S/C31H31F5N10O4S/c1-50-28-41-11-18(12-42-28)24-15-39-25(16-38-24)46(29(47)44-20-8-30(32,33)9-20)21-5-3-19(4-6-21)43-27-40-14-23(31(34,35)36)26(45-27)17-7-22(13-37-10-17)51(2,48)49/h7,10-16,19-21H,3-6,8-9H2,1-2H3,(H,44,47)(H,40,43,45)/t19-,21-. The molecule has 4 heterocycles. The summed E-state index contributed by atoms with van der Waals surface area (Å²) in [6, 6.07) is -0.829. The molecule has 2 fully saturated rings. The van der Waals surface area contributed by atoms with Crippen LogP contribution in [0.25, 0.3) is 22.5 Å². The van der Waals surface area contributed by atoms with Gasteiger partial charge in [0.1, 0.15) is 5.56 Å². The Balaban J connectivity index is 1.19. The summed E-state index contributed by atoms with van der Waals surface area (Å²) in [7, 11) is -2.34. The number of ether oxygens (including phenoxy) is 1. The van der Waals surface area contributed by atoms with Crippen molar-refractivity contribution in [2.45, 2.75) is 73.6 Å². The topological polar surface area (TPSA) is 178 Å². The van der Waals surface area contributed by atoms with Gasteiger partial charge in [0.15, 0.2) is 15.7 Å².